The van der Waals surface area contributed by atoms with Crippen LogP contribution in [-0.4, -0.2) is 30.1 Å². The third-order valence-corrected chi connectivity index (χ3v) is 4.00. The predicted molar refractivity (Wildman–Crippen MR) is 74.5 cm³/mol. The first-order valence-electron chi connectivity index (χ1n) is 6.69. The van der Waals surface area contributed by atoms with Crippen LogP contribution < -0.4 is 10.6 Å². The lowest BCUT2D eigenvalue weighted by molar-refractivity contribution is -0.137. The highest BCUT2D eigenvalue weighted by molar-refractivity contribution is 5.97. The second kappa shape index (κ2) is 5.55. The van der Waals surface area contributed by atoms with Gasteiger partial charge in [0, 0.05) is 17.8 Å². The first kappa shape index (κ1) is 15.6. The fourth-order valence-corrected chi connectivity index (χ4v) is 2.79. The molecule has 1 heterocycles. The van der Waals surface area contributed by atoms with E-state index in [1.165, 1.54) is 12.1 Å². The molecule has 1 aliphatic rings. The number of nitrogens with one attached hydrogen (secondary N) is 1. The van der Waals surface area contributed by atoms with Crippen LogP contribution in [0.1, 0.15) is 24.5 Å². The molecule has 0 saturated carbocycles. The average molecular weight is 301 g/mol. The van der Waals surface area contributed by atoms with Crippen molar-refractivity contribution in [3.63, 3.8) is 0 Å². The lowest BCUT2D eigenvalue weighted by Crippen LogP contribution is -2.35. The summed E-state index contributed by atoms with van der Waals surface area (Å²) in [7, 11) is 0. The zero-order valence-corrected chi connectivity index (χ0v) is 11.6. The molecule has 21 heavy (non-hydrogen) atoms. The summed E-state index contributed by atoms with van der Waals surface area (Å²) in [5, 5.41) is 16.7. The normalized spacial score (nSPS) is 22.6. The van der Waals surface area contributed by atoms with Crippen LogP contribution in [0.25, 0.3) is 0 Å². The molecule has 1 aliphatic heterocycles. The summed E-state index contributed by atoms with van der Waals surface area (Å²) in [6.07, 6.45) is -3.75. The molecule has 7 heteroatoms. The molecule has 1 aromatic rings. The van der Waals surface area contributed by atoms with E-state index < -0.39 is 17.6 Å². The van der Waals surface area contributed by atoms with Crippen molar-refractivity contribution in [3.05, 3.63) is 29.3 Å². The fourth-order valence-electron chi connectivity index (χ4n) is 2.79. The van der Waals surface area contributed by atoms with E-state index in [9.17, 15) is 18.3 Å². The maximum absolute atomic E-state index is 13.1. The van der Waals surface area contributed by atoms with Gasteiger partial charge in [0.2, 0.25) is 0 Å². The summed E-state index contributed by atoms with van der Waals surface area (Å²) in [4.78, 5) is 1.78. The number of nitrogen functional groups attached to an aromatic ring is 1. The van der Waals surface area contributed by atoms with E-state index in [1.807, 2.05) is 6.92 Å². The van der Waals surface area contributed by atoms with Crippen molar-refractivity contribution in [2.24, 2.45) is 11.7 Å². The highest BCUT2D eigenvalue weighted by atomic mass is 19.4. The van der Waals surface area contributed by atoms with Crippen molar-refractivity contribution >= 4 is 11.5 Å². The Bertz CT molecular complexity index is 545. The summed E-state index contributed by atoms with van der Waals surface area (Å²) in [6.45, 7) is 2.47. The lowest BCUT2D eigenvalue weighted by Gasteiger charge is -2.28. The number of rotatable bonds is 3. The van der Waals surface area contributed by atoms with Crippen LogP contribution in [0, 0.1) is 11.3 Å². The number of benzene rings is 1. The van der Waals surface area contributed by atoms with Gasteiger partial charge in [0.25, 0.3) is 0 Å². The minimum Gasteiger partial charge on any atom is -0.394 e. The van der Waals surface area contributed by atoms with Crippen molar-refractivity contribution in [1.82, 2.24) is 0 Å². The van der Waals surface area contributed by atoms with Gasteiger partial charge >= 0.3 is 6.18 Å². The Kier molecular flexibility index (Phi) is 4.13. The fraction of sp³-hybridized carbons (Fsp3) is 0.500. The Morgan fingerprint density at radius 2 is 2.14 bits per heavy atom. The van der Waals surface area contributed by atoms with E-state index in [4.69, 9.17) is 11.1 Å². The first-order valence-corrected chi connectivity index (χ1v) is 6.69. The van der Waals surface area contributed by atoms with E-state index in [-0.39, 0.29) is 24.1 Å². The third-order valence-electron chi connectivity index (χ3n) is 4.00. The predicted octanol–water partition coefficient (Wildman–Crippen LogP) is 2.20. The molecule has 4 nitrogen and oxygen atoms in total. The summed E-state index contributed by atoms with van der Waals surface area (Å²) < 4.78 is 39.3. The number of halogens is 3. The van der Waals surface area contributed by atoms with Gasteiger partial charge in [-0.1, -0.05) is 6.92 Å². The van der Waals surface area contributed by atoms with Gasteiger partial charge in [-0.2, -0.15) is 13.2 Å². The van der Waals surface area contributed by atoms with Crippen molar-refractivity contribution < 1.29 is 18.3 Å². The molecule has 116 valence electrons. The Balaban J connectivity index is 2.45. The molecule has 2 atom stereocenters. The largest absolute Gasteiger partial charge is 0.417 e. The highest BCUT2D eigenvalue weighted by Crippen LogP contribution is 2.37. The molecule has 1 saturated heterocycles. The summed E-state index contributed by atoms with van der Waals surface area (Å²) in [5.74, 6) is -0.390. The third kappa shape index (κ3) is 2.97. The molecule has 2 unspecified atom stereocenters. The van der Waals surface area contributed by atoms with Crippen LogP contribution in [0.2, 0.25) is 0 Å². The molecule has 0 aliphatic carbocycles. The van der Waals surface area contributed by atoms with E-state index in [1.54, 1.807) is 4.90 Å². The number of aliphatic hydroxyl groups is 1. The number of nitrogens with two attached hydrogens (primary N) is 1. The van der Waals surface area contributed by atoms with Gasteiger partial charge in [-0.15, -0.1) is 0 Å². The monoisotopic (exact) mass is 301 g/mol. The number of nitrogens with zero attached hydrogens (tertiary/aromatic N) is 1. The van der Waals surface area contributed by atoms with Gasteiger partial charge in [-0.25, -0.2) is 0 Å². The van der Waals surface area contributed by atoms with Crippen molar-refractivity contribution in [3.8, 4) is 0 Å². The molecular weight excluding hydrogens is 283 g/mol. The number of hydrogen-bond donors (Lipinski definition) is 3. The highest BCUT2D eigenvalue weighted by Gasteiger charge is 2.36. The van der Waals surface area contributed by atoms with Crippen molar-refractivity contribution in [2.45, 2.75) is 25.6 Å². The molecule has 0 radical (unpaired) electrons. The van der Waals surface area contributed by atoms with Gasteiger partial charge in [0.15, 0.2) is 0 Å². The molecule has 0 bridgehead atoms. The number of amidine groups is 1. The minimum absolute atomic E-state index is 0.100. The molecule has 4 N–H and O–H groups in total. The topological polar surface area (TPSA) is 73.3 Å². The van der Waals surface area contributed by atoms with Gasteiger partial charge in [-0.3, -0.25) is 5.41 Å². The van der Waals surface area contributed by atoms with E-state index in [0.717, 1.165) is 12.5 Å². The summed E-state index contributed by atoms with van der Waals surface area (Å²) in [6, 6.07) is 3.57. The summed E-state index contributed by atoms with van der Waals surface area (Å²) >= 11 is 0. The molecule has 1 fully saturated rings. The Labute approximate surface area is 120 Å². The van der Waals surface area contributed by atoms with E-state index in [0.29, 0.717) is 12.2 Å². The van der Waals surface area contributed by atoms with Gasteiger partial charge < -0.3 is 15.7 Å². The quantitative estimate of drug-likeness (QED) is 0.592. The van der Waals surface area contributed by atoms with Crippen LogP contribution in [0.15, 0.2) is 18.2 Å². The standard InChI is InChI=1S/C14H18F3N3O/c1-8-4-5-20(12(8)7-21)9-2-3-10(13(18)19)11(6-9)14(15,16)17/h2-3,6,8,12,21H,4-5,7H2,1H3,(H3,18,19). The number of alkyl halides is 3. The van der Waals surface area contributed by atoms with E-state index >= 15 is 0 Å². The smallest absolute Gasteiger partial charge is 0.394 e. The second-order valence-electron chi connectivity index (χ2n) is 5.35. The molecule has 0 spiro atoms. The maximum Gasteiger partial charge on any atom is 0.417 e. The Morgan fingerprint density at radius 3 is 2.67 bits per heavy atom. The number of aliphatic hydroxyl groups excluding tert-OH is 1. The molecule has 2 rings (SSSR count). The summed E-state index contributed by atoms with van der Waals surface area (Å²) in [5.41, 5.74) is 4.39. The SMILES string of the molecule is CC1CCN(c2ccc(C(=N)N)c(C(F)(F)F)c2)C1CO. The second-order valence-corrected chi connectivity index (χ2v) is 5.35. The number of anilines is 1. The molecule has 0 aromatic heterocycles. The number of hydrogen-bond acceptors (Lipinski definition) is 3. The van der Waals surface area contributed by atoms with Gasteiger partial charge in [0.1, 0.15) is 5.84 Å². The lowest BCUT2D eigenvalue weighted by atomic mass is 10.0. The van der Waals surface area contributed by atoms with Gasteiger partial charge in [-0.05, 0) is 30.5 Å². The zero-order valence-electron chi connectivity index (χ0n) is 11.6. The average Bonchev–Trinajstić information content (AvgIpc) is 2.78. The Morgan fingerprint density at radius 1 is 1.48 bits per heavy atom. The molecular formula is C14H18F3N3O. The van der Waals surface area contributed by atoms with Crippen LogP contribution in [0.5, 0.6) is 0 Å². The van der Waals surface area contributed by atoms with Crippen LogP contribution in [-0.2, 0) is 6.18 Å². The van der Waals surface area contributed by atoms with Crippen LogP contribution in [0.3, 0.4) is 0 Å². The Hall–Kier alpha value is -1.76. The van der Waals surface area contributed by atoms with Crippen LogP contribution >= 0.6 is 0 Å². The maximum atomic E-state index is 13.1. The minimum atomic E-state index is -4.57. The van der Waals surface area contributed by atoms with Crippen molar-refractivity contribution in [2.75, 3.05) is 18.1 Å². The zero-order chi connectivity index (χ0) is 15.8. The van der Waals surface area contributed by atoms with Crippen LogP contribution in [0.4, 0.5) is 18.9 Å². The van der Waals surface area contributed by atoms with E-state index in [2.05, 4.69) is 0 Å². The van der Waals surface area contributed by atoms with Gasteiger partial charge in [0.05, 0.1) is 18.2 Å². The van der Waals surface area contributed by atoms with Crippen molar-refractivity contribution in [1.29, 1.82) is 5.41 Å². The molecule has 0 amide bonds. The first-order chi connectivity index (χ1) is 9.75. The molecule has 1 aromatic carbocycles.